The molecule has 1 aromatic heterocycles. The van der Waals surface area contributed by atoms with E-state index < -0.39 is 5.97 Å². The normalized spacial score (nSPS) is 10.4. The predicted octanol–water partition coefficient (Wildman–Crippen LogP) is 5.52. The van der Waals surface area contributed by atoms with Crippen LogP contribution in [0.25, 0.3) is 11.1 Å². The lowest BCUT2D eigenvalue weighted by atomic mass is 10.0. The zero-order valence-corrected chi connectivity index (χ0v) is 16.6. The first-order valence-corrected chi connectivity index (χ1v) is 9.51. The van der Waals surface area contributed by atoms with E-state index in [1.807, 2.05) is 54.8 Å². The molecule has 0 aliphatic rings. The highest BCUT2D eigenvalue weighted by molar-refractivity contribution is 9.10. The molecule has 0 aliphatic carbocycles. The molecule has 0 unspecified atom stereocenters. The van der Waals surface area contributed by atoms with E-state index in [0.717, 1.165) is 21.2 Å². The molecule has 132 valence electrons. The van der Waals surface area contributed by atoms with Crippen LogP contribution >= 0.6 is 27.3 Å². The third-order valence-electron chi connectivity index (χ3n) is 3.95. The van der Waals surface area contributed by atoms with Gasteiger partial charge in [0.25, 0.3) is 5.91 Å². The van der Waals surface area contributed by atoms with Gasteiger partial charge in [0.15, 0.2) is 0 Å². The van der Waals surface area contributed by atoms with Crippen LogP contribution in [0.3, 0.4) is 0 Å². The molecule has 4 nitrogen and oxygen atoms in total. The van der Waals surface area contributed by atoms with Gasteiger partial charge in [0.2, 0.25) is 0 Å². The highest BCUT2D eigenvalue weighted by atomic mass is 79.9. The molecule has 0 fully saturated rings. The van der Waals surface area contributed by atoms with Crippen LogP contribution in [-0.2, 0) is 4.74 Å². The Morgan fingerprint density at radius 2 is 1.77 bits per heavy atom. The highest BCUT2D eigenvalue weighted by Crippen LogP contribution is 2.36. The van der Waals surface area contributed by atoms with E-state index in [1.165, 1.54) is 18.4 Å². The van der Waals surface area contributed by atoms with Crippen LogP contribution in [0.2, 0.25) is 0 Å². The van der Waals surface area contributed by atoms with E-state index >= 15 is 0 Å². The minimum Gasteiger partial charge on any atom is -0.465 e. The predicted molar refractivity (Wildman–Crippen MR) is 108 cm³/mol. The van der Waals surface area contributed by atoms with Gasteiger partial charge < -0.3 is 10.1 Å². The highest BCUT2D eigenvalue weighted by Gasteiger charge is 2.23. The number of esters is 1. The summed E-state index contributed by atoms with van der Waals surface area (Å²) in [6, 6.07) is 14.9. The van der Waals surface area contributed by atoms with Gasteiger partial charge in [-0.2, -0.15) is 0 Å². The van der Waals surface area contributed by atoms with Gasteiger partial charge in [-0.05, 0) is 36.2 Å². The molecule has 1 N–H and O–H groups in total. The maximum absolute atomic E-state index is 12.6. The van der Waals surface area contributed by atoms with Crippen molar-refractivity contribution >= 4 is 44.1 Å². The van der Waals surface area contributed by atoms with Crippen molar-refractivity contribution in [2.45, 2.75) is 6.92 Å². The van der Waals surface area contributed by atoms with Crippen LogP contribution in [0.15, 0.2) is 58.4 Å². The number of thiophene rings is 1. The molecular formula is C20H16BrNO3S. The summed E-state index contributed by atoms with van der Waals surface area (Å²) in [6.45, 7) is 1.87. The molecule has 26 heavy (non-hydrogen) atoms. The summed E-state index contributed by atoms with van der Waals surface area (Å²) < 4.78 is 5.89. The summed E-state index contributed by atoms with van der Waals surface area (Å²) in [7, 11) is 1.33. The zero-order valence-electron chi connectivity index (χ0n) is 14.2. The molecule has 0 radical (unpaired) electrons. The first-order valence-electron chi connectivity index (χ1n) is 7.84. The molecule has 1 amide bonds. The number of aryl methyl sites for hydroxylation is 1. The number of carbonyl (C=O) groups is 2. The fraction of sp³-hybridized carbons (Fsp3) is 0.100. The van der Waals surface area contributed by atoms with Gasteiger partial charge >= 0.3 is 5.97 Å². The second kappa shape index (κ2) is 7.85. The Kier molecular flexibility index (Phi) is 5.54. The summed E-state index contributed by atoms with van der Waals surface area (Å²) in [5.41, 5.74) is 3.41. The van der Waals surface area contributed by atoms with Gasteiger partial charge in [-0.3, -0.25) is 4.79 Å². The Morgan fingerprint density at radius 1 is 1.08 bits per heavy atom. The number of carbonyl (C=O) groups excluding carboxylic acids is 2. The average Bonchev–Trinajstić information content (AvgIpc) is 3.05. The van der Waals surface area contributed by atoms with Crippen molar-refractivity contribution in [2.24, 2.45) is 0 Å². The van der Waals surface area contributed by atoms with Gasteiger partial charge in [0, 0.05) is 21.0 Å². The summed E-state index contributed by atoms with van der Waals surface area (Å²) >= 11 is 4.71. The second-order valence-corrected chi connectivity index (χ2v) is 7.42. The minimum atomic E-state index is -0.482. The van der Waals surface area contributed by atoms with E-state index in [0.29, 0.717) is 16.1 Å². The SMILES string of the molecule is COC(=O)c1c(-c2ccc(Br)cc2)csc1NC(=O)c1ccccc1C. The Hall–Kier alpha value is -2.44. The second-order valence-electron chi connectivity index (χ2n) is 5.62. The molecule has 0 saturated heterocycles. The summed E-state index contributed by atoms with van der Waals surface area (Å²) in [5, 5.41) is 5.18. The van der Waals surface area contributed by atoms with E-state index in [2.05, 4.69) is 21.2 Å². The van der Waals surface area contributed by atoms with Crippen molar-refractivity contribution in [1.82, 2.24) is 0 Å². The number of amides is 1. The van der Waals surface area contributed by atoms with Gasteiger partial charge in [-0.15, -0.1) is 11.3 Å². The minimum absolute atomic E-state index is 0.252. The van der Waals surface area contributed by atoms with Crippen LogP contribution in [0.1, 0.15) is 26.3 Å². The number of rotatable bonds is 4. The van der Waals surface area contributed by atoms with Crippen molar-refractivity contribution in [3.05, 3.63) is 75.1 Å². The molecule has 3 aromatic rings. The molecule has 0 atom stereocenters. The van der Waals surface area contributed by atoms with Crippen molar-refractivity contribution in [3.63, 3.8) is 0 Å². The van der Waals surface area contributed by atoms with Crippen molar-refractivity contribution in [2.75, 3.05) is 12.4 Å². The number of halogens is 1. The van der Waals surface area contributed by atoms with E-state index in [1.54, 1.807) is 6.07 Å². The monoisotopic (exact) mass is 429 g/mol. The third-order valence-corrected chi connectivity index (χ3v) is 5.38. The largest absolute Gasteiger partial charge is 0.465 e. The number of hydrogen-bond donors (Lipinski definition) is 1. The Balaban J connectivity index is 2.00. The van der Waals surface area contributed by atoms with Crippen LogP contribution in [0, 0.1) is 6.92 Å². The van der Waals surface area contributed by atoms with Gasteiger partial charge in [0.05, 0.1) is 7.11 Å². The third kappa shape index (κ3) is 3.71. The van der Waals surface area contributed by atoms with Crippen molar-refractivity contribution in [1.29, 1.82) is 0 Å². The molecule has 3 rings (SSSR count). The maximum Gasteiger partial charge on any atom is 0.341 e. The summed E-state index contributed by atoms with van der Waals surface area (Å²) in [5.74, 6) is -0.735. The number of anilines is 1. The van der Waals surface area contributed by atoms with E-state index in [4.69, 9.17) is 4.74 Å². The van der Waals surface area contributed by atoms with Crippen molar-refractivity contribution < 1.29 is 14.3 Å². The number of benzene rings is 2. The molecule has 0 bridgehead atoms. The Bertz CT molecular complexity index is 963. The maximum atomic E-state index is 12.6. The van der Waals surface area contributed by atoms with Crippen molar-refractivity contribution in [3.8, 4) is 11.1 Å². The number of methoxy groups -OCH3 is 1. The first kappa shape index (κ1) is 18.4. The van der Waals surface area contributed by atoms with Gasteiger partial charge in [-0.25, -0.2) is 4.79 Å². The van der Waals surface area contributed by atoms with Gasteiger partial charge in [0.1, 0.15) is 10.6 Å². The topological polar surface area (TPSA) is 55.4 Å². The number of hydrogen-bond acceptors (Lipinski definition) is 4. The fourth-order valence-electron chi connectivity index (χ4n) is 2.59. The molecule has 6 heteroatoms. The lowest BCUT2D eigenvalue weighted by Gasteiger charge is -2.09. The summed E-state index contributed by atoms with van der Waals surface area (Å²) in [4.78, 5) is 25.0. The average molecular weight is 430 g/mol. The molecule has 0 saturated carbocycles. The lowest BCUT2D eigenvalue weighted by molar-refractivity contribution is 0.0603. The van der Waals surface area contributed by atoms with Crippen LogP contribution in [0.5, 0.6) is 0 Å². The lowest BCUT2D eigenvalue weighted by Crippen LogP contribution is -2.15. The Morgan fingerprint density at radius 3 is 2.42 bits per heavy atom. The van der Waals surface area contributed by atoms with Gasteiger partial charge in [-0.1, -0.05) is 46.3 Å². The molecule has 0 aliphatic heterocycles. The molecule has 1 heterocycles. The molecular weight excluding hydrogens is 414 g/mol. The fourth-order valence-corrected chi connectivity index (χ4v) is 3.81. The van der Waals surface area contributed by atoms with Crippen LogP contribution < -0.4 is 5.32 Å². The van der Waals surface area contributed by atoms with E-state index in [9.17, 15) is 9.59 Å². The van der Waals surface area contributed by atoms with E-state index in [-0.39, 0.29) is 5.91 Å². The summed E-state index contributed by atoms with van der Waals surface area (Å²) in [6.07, 6.45) is 0. The first-order chi connectivity index (χ1) is 12.5. The zero-order chi connectivity index (χ0) is 18.7. The quantitative estimate of drug-likeness (QED) is 0.555. The number of ether oxygens (including phenoxy) is 1. The Labute approximate surface area is 163 Å². The van der Waals surface area contributed by atoms with Crippen LogP contribution in [0.4, 0.5) is 5.00 Å². The standard InChI is InChI=1S/C20H16BrNO3S/c1-12-5-3-4-6-15(12)18(23)22-19-17(20(24)25-2)16(11-26-19)13-7-9-14(21)10-8-13/h3-11H,1-2H3,(H,22,23). The number of nitrogens with one attached hydrogen (secondary N) is 1. The van der Waals surface area contributed by atoms with Crippen LogP contribution in [-0.4, -0.2) is 19.0 Å². The smallest absolute Gasteiger partial charge is 0.341 e. The molecule has 0 spiro atoms. The molecule has 2 aromatic carbocycles.